The van der Waals surface area contributed by atoms with E-state index in [4.69, 9.17) is 0 Å². The quantitative estimate of drug-likeness (QED) is 0.873. The van der Waals surface area contributed by atoms with Gasteiger partial charge in [-0.15, -0.1) is 0 Å². The van der Waals surface area contributed by atoms with E-state index in [9.17, 15) is 14.7 Å². The molecule has 0 bridgehead atoms. The van der Waals surface area contributed by atoms with Crippen molar-refractivity contribution in [2.24, 2.45) is 12.5 Å². The molecule has 1 aromatic heterocycles. The predicted molar refractivity (Wildman–Crippen MR) is 76.6 cm³/mol. The molecule has 7 heteroatoms. The van der Waals surface area contributed by atoms with Crippen molar-refractivity contribution in [2.45, 2.75) is 32.7 Å². The number of urea groups is 1. The Labute approximate surface area is 123 Å². The van der Waals surface area contributed by atoms with E-state index in [1.807, 2.05) is 26.2 Å². The number of hydrogen-bond acceptors (Lipinski definition) is 3. The molecule has 2 heterocycles. The van der Waals surface area contributed by atoms with Crippen molar-refractivity contribution in [3.8, 4) is 0 Å². The van der Waals surface area contributed by atoms with Gasteiger partial charge in [0, 0.05) is 26.3 Å². The summed E-state index contributed by atoms with van der Waals surface area (Å²) >= 11 is 0. The summed E-state index contributed by atoms with van der Waals surface area (Å²) in [5.41, 5.74) is 0.133. The maximum absolute atomic E-state index is 12.1. The first-order chi connectivity index (χ1) is 9.97. The zero-order valence-corrected chi connectivity index (χ0v) is 12.5. The third-order valence-corrected chi connectivity index (χ3v) is 4.33. The summed E-state index contributed by atoms with van der Waals surface area (Å²) in [7, 11) is 1.83. The number of carbonyl (C=O) groups excluding carboxylic acids is 1. The highest BCUT2D eigenvalue weighted by molar-refractivity contribution is 5.77. The Morgan fingerprint density at radius 2 is 2.10 bits per heavy atom. The average Bonchev–Trinajstić information content (AvgIpc) is 2.90. The van der Waals surface area contributed by atoms with Gasteiger partial charge in [-0.2, -0.15) is 5.10 Å². The van der Waals surface area contributed by atoms with Crippen LogP contribution in [-0.2, 0) is 18.4 Å². The molecule has 1 aliphatic rings. The second kappa shape index (κ2) is 6.15. The lowest BCUT2D eigenvalue weighted by Crippen LogP contribution is -2.49. The van der Waals surface area contributed by atoms with E-state index in [1.54, 1.807) is 9.58 Å². The van der Waals surface area contributed by atoms with Crippen molar-refractivity contribution < 1.29 is 14.7 Å². The van der Waals surface area contributed by atoms with E-state index in [2.05, 4.69) is 10.4 Å². The number of amides is 2. The lowest BCUT2D eigenvalue weighted by atomic mass is 9.76. The molecule has 116 valence electrons. The molecule has 21 heavy (non-hydrogen) atoms. The second-order valence-corrected chi connectivity index (χ2v) is 5.57. The van der Waals surface area contributed by atoms with Gasteiger partial charge in [0.25, 0.3) is 0 Å². The molecule has 2 N–H and O–H groups in total. The predicted octanol–water partition coefficient (Wildman–Crippen LogP) is 1.21. The van der Waals surface area contributed by atoms with E-state index >= 15 is 0 Å². The number of carbonyl (C=O) groups is 2. The van der Waals surface area contributed by atoms with Gasteiger partial charge in [-0.25, -0.2) is 4.79 Å². The van der Waals surface area contributed by atoms with Crippen LogP contribution in [0.3, 0.4) is 0 Å². The maximum Gasteiger partial charge on any atom is 0.317 e. The number of hydrogen-bond donors (Lipinski definition) is 2. The topological polar surface area (TPSA) is 87.5 Å². The van der Waals surface area contributed by atoms with Crippen molar-refractivity contribution in [3.63, 3.8) is 0 Å². The van der Waals surface area contributed by atoms with Gasteiger partial charge in [0.2, 0.25) is 0 Å². The Balaban J connectivity index is 1.84. The summed E-state index contributed by atoms with van der Waals surface area (Å²) in [6, 6.07) is 1.69. The van der Waals surface area contributed by atoms with Crippen LogP contribution >= 0.6 is 0 Å². The molecular formula is C14H22N4O3. The smallest absolute Gasteiger partial charge is 0.317 e. The molecule has 2 amide bonds. The number of nitrogens with zero attached hydrogens (tertiary/aromatic N) is 3. The van der Waals surface area contributed by atoms with Crippen LogP contribution in [-0.4, -0.2) is 44.9 Å². The highest BCUT2D eigenvalue weighted by Crippen LogP contribution is 2.35. The number of carboxylic acid groups (broad SMARTS) is 1. The van der Waals surface area contributed by atoms with Gasteiger partial charge in [-0.05, 0) is 25.3 Å². The summed E-state index contributed by atoms with van der Waals surface area (Å²) in [6.45, 7) is 3.24. The van der Waals surface area contributed by atoms with Crippen molar-refractivity contribution in [1.29, 1.82) is 0 Å². The molecule has 1 aromatic rings. The molecule has 1 fully saturated rings. The van der Waals surface area contributed by atoms with Crippen LogP contribution in [0.25, 0.3) is 0 Å². The van der Waals surface area contributed by atoms with E-state index in [-0.39, 0.29) is 6.03 Å². The van der Waals surface area contributed by atoms with E-state index in [0.717, 1.165) is 5.69 Å². The highest BCUT2D eigenvalue weighted by Gasteiger charge is 2.40. The van der Waals surface area contributed by atoms with Crippen molar-refractivity contribution in [2.75, 3.05) is 13.1 Å². The first-order valence-corrected chi connectivity index (χ1v) is 7.21. The fourth-order valence-electron chi connectivity index (χ4n) is 2.69. The number of aryl methyl sites for hydroxylation is 1. The van der Waals surface area contributed by atoms with Crippen molar-refractivity contribution in [3.05, 3.63) is 18.0 Å². The monoisotopic (exact) mass is 294 g/mol. The molecule has 1 saturated heterocycles. The summed E-state index contributed by atoms with van der Waals surface area (Å²) in [4.78, 5) is 25.1. The molecule has 0 aromatic carbocycles. The number of aromatic nitrogens is 2. The third kappa shape index (κ3) is 3.34. The Kier molecular flexibility index (Phi) is 4.50. The Hall–Kier alpha value is -2.05. The minimum atomic E-state index is -0.751. The number of likely N-dealkylation sites (tertiary alicyclic amines) is 1. The first kappa shape index (κ1) is 15.3. The summed E-state index contributed by atoms with van der Waals surface area (Å²) in [5.74, 6) is -0.751. The van der Waals surface area contributed by atoms with Crippen molar-refractivity contribution in [1.82, 2.24) is 20.0 Å². The van der Waals surface area contributed by atoms with Crippen LogP contribution in [0.1, 0.15) is 31.9 Å². The summed E-state index contributed by atoms with van der Waals surface area (Å²) < 4.78 is 1.69. The molecule has 0 aliphatic carbocycles. The van der Waals surface area contributed by atoms with Gasteiger partial charge in [0.05, 0.1) is 17.7 Å². The first-order valence-electron chi connectivity index (χ1n) is 7.21. The van der Waals surface area contributed by atoms with Crippen molar-refractivity contribution >= 4 is 12.0 Å². The molecule has 0 unspecified atom stereocenters. The minimum Gasteiger partial charge on any atom is -0.481 e. The van der Waals surface area contributed by atoms with Gasteiger partial charge in [0.1, 0.15) is 0 Å². The third-order valence-electron chi connectivity index (χ3n) is 4.33. The fraction of sp³-hybridized carbons (Fsp3) is 0.643. The van der Waals surface area contributed by atoms with Gasteiger partial charge >= 0.3 is 12.0 Å². The van der Waals surface area contributed by atoms with E-state index < -0.39 is 11.4 Å². The number of carboxylic acids is 1. The van der Waals surface area contributed by atoms with Crippen LogP contribution in [0.2, 0.25) is 0 Å². The minimum absolute atomic E-state index is 0.157. The standard InChI is InChI=1S/C14H22N4O3/c1-3-14(12(19)20)5-8-18(9-6-14)13(21)15-10-11-4-7-17(2)16-11/h4,7H,3,5-6,8-10H2,1-2H3,(H,15,21)(H,19,20). The Morgan fingerprint density at radius 3 is 2.57 bits per heavy atom. The molecular weight excluding hydrogens is 272 g/mol. The molecule has 2 rings (SSSR count). The lowest BCUT2D eigenvalue weighted by molar-refractivity contribution is -0.151. The number of piperidine rings is 1. The van der Waals surface area contributed by atoms with Crippen LogP contribution < -0.4 is 5.32 Å². The van der Waals surface area contributed by atoms with Gasteiger partial charge in [-0.1, -0.05) is 6.92 Å². The lowest BCUT2D eigenvalue weighted by Gasteiger charge is -2.38. The number of aliphatic carboxylic acids is 1. The highest BCUT2D eigenvalue weighted by atomic mass is 16.4. The zero-order valence-electron chi connectivity index (χ0n) is 12.5. The zero-order chi connectivity index (χ0) is 15.5. The molecule has 0 atom stereocenters. The van der Waals surface area contributed by atoms with Crippen LogP contribution in [0, 0.1) is 5.41 Å². The molecule has 0 saturated carbocycles. The van der Waals surface area contributed by atoms with Gasteiger partial charge < -0.3 is 15.3 Å². The maximum atomic E-state index is 12.1. The Bertz CT molecular complexity index is 518. The molecule has 1 aliphatic heterocycles. The molecule has 7 nitrogen and oxygen atoms in total. The molecule has 0 spiro atoms. The summed E-state index contributed by atoms with van der Waals surface area (Å²) in [6.07, 6.45) is 3.45. The van der Waals surface area contributed by atoms with E-state index in [1.165, 1.54) is 0 Å². The van der Waals surface area contributed by atoms with Crippen LogP contribution in [0.5, 0.6) is 0 Å². The average molecular weight is 294 g/mol. The normalized spacial score (nSPS) is 17.5. The second-order valence-electron chi connectivity index (χ2n) is 5.57. The largest absolute Gasteiger partial charge is 0.481 e. The van der Waals surface area contributed by atoms with Gasteiger partial charge in [0.15, 0.2) is 0 Å². The number of nitrogens with one attached hydrogen (secondary N) is 1. The van der Waals surface area contributed by atoms with Crippen LogP contribution in [0.15, 0.2) is 12.3 Å². The van der Waals surface area contributed by atoms with Gasteiger partial charge in [-0.3, -0.25) is 9.48 Å². The van der Waals surface area contributed by atoms with Crippen LogP contribution in [0.4, 0.5) is 4.79 Å². The fourth-order valence-corrected chi connectivity index (χ4v) is 2.69. The SMILES string of the molecule is CCC1(C(=O)O)CCN(C(=O)NCc2ccn(C)n2)CC1. The summed E-state index contributed by atoms with van der Waals surface area (Å²) in [5, 5.41) is 16.4. The number of rotatable bonds is 4. The van der Waals surface area contributed by atoms with E-state index in [0.29, 0.717) is 38.9 Å². The molecule has 0 radical (unpaired) electrons. The Morgan fingerprint density at radius 1 is 1.43 bits per heavy atom.